The number of carboxylic acid groups (broad SMARTS) is 1. The summed E-state index contributed by atoms with van der Waals surface area (Å²) in [5.41, 5.74) is -0.823. The van der Waals surface area contributed by atoms with Gasteiger partial charge in [-0.15, -0.1) is 0 Å². The Morgan fingerprint density at radius 2 is 2.04 bits per heavy atom. The number of hydrogen-bond donors (Lipinski definition) is 2. The second-order valence-corrected chi connectivity index (χ2v) is 6.55. The Labute approximate surface area is 150 Å². The molecule has 0 saturated carbocycles. The minimum atomic E-state index is -0.969. The van der Waals surface area contributed by atoms with Crippen molar-refractivity contribution in [3.63, 3.8) is 0 Å². The number of carbonyl (C=O) groups is 2. The molecule has 0 spiro atoms. The van der Waals surface area contributed by atoms with E-state index in [2.05, 4.69) is 5.32 Å². The summed E-state index contributed by atoms with van der Waals surface area (Å²) in [7, 11) is 0. The van der Waals surface area contributed by atoms with Gasteiger partial charge in [0.1, 0.15) is 10.8 Å². The summed E-state index contributed by atoms with van der Waals surface area (Å²) < 4.78 is 10.8. The molecule has 0 aliphatic carbocycles. The van der Waals surface area contributed by atoms with Crippen LogP contribution in [0.4, 0.5) is 0 Å². The van der Waals surface area contributed by atoms with E-state index in [-0.39, 0.29) is 11.4 Å². The molecule has 1 fully saturated rings. The molecule has 8 heteroatoms. The van der Waals surface area contributed by atoms with Crippen molar-refractivity contribution in [3.05, 3.63) is 28.2 Å². The van der Waals surface area contributed by atoms with Gasteiger partial charge in [-0.3, -0.25) is 9.59 Å². The first kappa shape index (κ1) is 18.8. The number of carboxylic acids is 1. The van der Waals surface area contributed by atoms with Crippen molar-refractivity contribution in [1.29, 1.82) is 0 Å². The van der Waals surface area contributed by atoms with Crippen LogP contribution < -0.4 is 10.1 Å². The van der Waals surface area contributed by atoms with Crippen LogP contribution in [0.25, 0.3) is 0 Å². The summed E-state index contributed by atoms with van der Waals surface area (Å²) in [5, 5.41) is 12.5. The van der Waals surface area contributed by atoms with Gasteiger partial charge in [0, 0.05) is 13.2 Å². The molecule has 1 saturated heterocycles. The van der Waals surface area contributed by atoms with Crippen LogP contribution in [-0.2, 0) is 14.3 Å². The van der Waals surface area contributed by atoms with E-state index in [9.17, 15) is 9.59 Å². The van der Waals surface area contributed by atoms with E-state index in [1.807, 2.05) is 0 Å². The zero-order valence-corrected chi connectivity index (χ0v) is 14.7. The molecule has 0 bridgehead atoms. The molecular weight excluding hydrogens is 357 g/mol. The van der Waals surface area contributed by atoms with Gasteiger partial charge in [0.25, 0.3) is 5.91 Å². The van der Waals surface area contributed by atoms with E-state index >= 15 is 0 Å². The molecule has 1 aliphatic rings. The number of halogens is 2. The third-order valence-electron chi connectivity index (χ3n) is 3.92. The number of aliphatic carboxylic acids is 1. The fraction of sp³-hybridized carbons (Fsp3) is 0.500. The highest BCUT2D eigenvalue weighted by atomic mass is 35.5. The van der Waals surface area contributed by atoms with Gasteiger partial charge < -0.3 is 19.9 Å². The van der Waals surface area contributed by atoms with Gasteiger partial charge >= 0.3 is 5.97 Å². The number of hydrogen-bond acceptors (Lipinski definition) is 4. The van der Waals surface area contributed by atoms with Crippen molar-refractivity contribution in [3.8, 4) is 5.75 Å². The Hall–Kier alpha value is -1.50. The SMILES string of the molecule is CC(Oc1cccc(Cl)c1Cl)C(=O)NC1(CC(=O)O)CCOCC1. The summed E-state index contributed by atoms with van der Waals surface area (Å²) in [5.74, 6) is -1.08. The molecule has 0 aromatic heterocycles. The lowest BCUT2D eigenvalue weighted by Gasteiger charge is -2.37. The quantitative estimate of drug-likeness (QED) is 0.798. The Morgan fingerprint density at radius 1 is 1.38 bits per heavy atom. The molecule has 0 radical (unpaired) electrons. The Morgan fingerprint density at radius 3 is 2.67 bits per heavy atom. The maximum atomic E-state index is 12.5. The van der Waals surface area contributed by atoms with Gasteiger partial charge in [0.15, 0.2) is 6.10 Å². The lowest BCUT2D eigenvalue weighted by Crippen LogP contribution is -2.56. The van der Waals surface area contributed by atoms with Gasteiger partial charge in [-0.1, -0.05) is 29.3 Å². The zero-order valence-electron chi connectivity index (χ0n) is 13.2. The van der Waals surface area contributed by atoms with E-state index in [0.717, 1.165) is 0 Å². The molecule has 2 rings (SSSR count). The van der Waals surface area contributed by atoms with Crippen molar-refractivity contribution in [2.75, 3.05) is 13.2 Å². The molecule has 132 valence electrons. The van der Waals surface area contributed by atoms with Gasteiger partial charge in [0.2, 0.25) is 0 Å². The van der Waals surface area contributed by atoms with Gasteiger partial charge in [-0.05, 0) is 31.9 Å². The molecule has 1 atom stereocenters. The monoisotopic (exact) mass is 375 g/mol. The van der Waals surface area contributed by atoms with Gasteiger partial charge in [-0.2, -0.15) is 0 Å². The van der Waals surface area contributed by atoms with Crippen LogP contribution in [0.3, 0.4) is 0 Å². The molecule has 6 nitrogen and oxygen atoms in total. The molecular formula is C16H19Cl2NO5. The van der Waals surface area contributed by atoms with Crippen molar-refractivity contribution in [2.45, 2.75) is 37.8 Å². The third-order valence-corrected chi connectivity index (χ3v) is 4.72. The molecule has 24 heavy (non-hydrogen) atoms. The van der Waals surface area contributed by atoms with E-state index in [1.54, 1.807) is 25.1 Å². The summed E-state index contributed by atoms with van der Waals surface area (Å²) in [6.07, 6.45) is -0.132. The predicted molar refractivity (Wildman–Crippen MR) is 89.7 cm³/mol. The van der Waals surface area contributed by atoms with Crippen LogP contribution in [0.2, 0.25) is 10.0 Å². The zero-order chi connectivity index (χ0) is 17.7. The maximum absolute atomic E-state index is 12.5. The van der Waals surface area contributed by atoms with Crippen LogP contribution in [-0.4, -0.2) is 41.8 Å². The van der Waals surface area contributed by atoms with E-state index < -0.39 is 23.5 Å². The summed E-state index contributed by atoms with van der Waals surface area (Å²) in [6.45, 7) is 2.38. The van der Waals surface area contributed by atoms with E-state index in [1.165, 1.54) is 0 Å². The number of nitrogens with one attached hydrogen (secondary N) is 1. The average Bonchev–Trinajstić information content (AvgIpc) is 2.51. The predicted octanol–water partition coefficient (Wildman–Crippen LogP) is 2.90. The molecule has 1 aromatic rings. The highest BCUT2D eigenvalue weighted by molar-refractivity contribution is 6.42. The van der Waals surface area contributed by atoms with Crippen molar-refractivity contribution in [1.82, 2.24) is 5.32 Å². The highest BCUT2D eigenvalue weighted by Gasteiger charge is 2.37. The highest BCUT2D eigenvalue weighted by Crippen LogP contribution is 2.32. The molecule has 1 unspecified atom stereocenters. The second-order valence-electron chi connectivity index (χ2n) is 5.76. The normalized spacial score (nSPS) is 17.8. The summed E-state index contributed by atoms with van der Waals surface area (Å²) >= 11 is 12.0. The Bertz CT molecular complexity index is 616. The van der Waals surface area contributed by atoms with Crippen LogP contribution in [0, 0.1) is 0 Å². The fourth-order valence-electron chi connectivity index (χ4n) is 2.58. The Kier molecular flexibility index (Phi) is 6.32. The first-order chi connectivity index (χ1) is 11.3. The van der Waals surface area contributed by atoms with Crippen LogP contribution in [0.1, 0.15) is 26.2 Å². The summed E-state index contributed by atoms with van der Waals surface area (Å²) in [4.78, 5) is 23.6. The smallest absolute Gasteiger partial charge is 0.305 e. The standard InChI is InChI=1S/C16H19Cl2NO5/c1-10(24-12-4-2-3-11(17)14(12)18)15(22)19-16(9-13(20)21)5-7-23-8-6-16/h2-4,10H,5-9H2,1H3,(H,19,22)(H,20,21). The lowest BCUT2D eigenvalue weighted by atomic mass is 9.86. The first-order valence-electron chi connectivity index (χ1n) is 7.55. The van der Waals surface area contributed by atoms with Crippen LogP contribution in [0.15, 0.2) is 18.2 Å². The topological polar surface area (TPSA) is 84.9 Å². The minimum Gasteiger partial charge on any atom is -0.481 e. The number of ether oxygens (including phenoxy) is 2. The van der Waals surface area contributed by atoms with Gasteiger partial charge in [0.05, 0.1) is 17.0 Å². The lowest BCUT2D eigenvalue weighted by molar-refractivity contribution is -0.141. The van der Waals surface area contributed by atoms with Crippen molar-refractivity contribution < 1.29 is 24.2 Å². The van der Waals surface area contributed by atoms with Crippen molar-refractivity contribution >= 4 is 35.1 Å². The minimum absolute atomic E-state index is 0.160. The number of amides is 1. The van der Waals surface area contributed by atoms with Gasteiger partial charge in [-0.25, -0.2) is 0 Å². The number of rotatable bonds is 6. The van der Waals surface area contributed by atoms with E-state index in [0.29, 0.717) is 36.8 Å². The number of benzene rings is 1. The molecule has 1 amide bonds. The van der Waals surface area contributed by atoms with Crippen molar-refractivity contribution in [2.24, 2.45) is 0 Å². The second kappa shape index (κ2) is 8.05. The van der Waals surface area contributed by atoms with Crippen LogP contribution in [0.5, 0.6) is 5.75 Å². The molecule has 2 N–H and O–H groups in total. The van der Waals surface area contributed by atoms with E-state index in [4.69, 9.17) is 37.8 Å². The molecule has 1 aliphatic heterocycles. The first-order valence-corrected chi connectivity index (χ1v) is 8.31. The fourth-order valence-corrected chi connectivity index (χ4v) is 2.92. The molecule has 1 heterocycles. The van der Waals surface area contributed by atoms with Crippen LogP contribution >= 0.6 is 23.2 Å². The maximum Gasteiger partial charge on any atom is 0.305 e. The Balaban J connectivity index is 2.06. The average molecular weight is 376 g/mol. The number of carbonyl (C=O) groups excluding carboxylic acids is 1. The summed E-state index contributed by atoms with van der Waals surface area (Å²) in [6, 6.07) is 4.89. The molecule has 1 aromatic carbocycles. The largest absolute Gasteiger partial charge is 0.481 e. The third kappa shape index (κ3) is 4.75.